The second kappa shape index (κ2) is 14.6. The molecule has 182 valence electrons. The summed E-state index contributed by atoms with van der Waals surface area (Å²) in [6.07, 6.45) is 0. The summed E-state index contributed by atoms with van der Waals surface area (Å²) < 4.78 is 36.5. The Hall–Kier alpha value is -0.640. The normalized spacial score (nSPS) is 14.2. The van der Waals surface area contributed by atoms with Gasteiger partial charge in [0.15, 0.2) is 5.69 Å². The highest BCUT2D eigenvalue weighted by atomic mass is 79.9. The zero-order valence-corrected chi connectivity index (χ0v) is 23.9. The van der Waals surface area contributed by atoms with Gasteiger partial charge in [-0.05, 0) is 26.0 Å². The molecule has 2 rings (SSSR count). The standard InChI is InChI=1S/2C9H13BrNO3P.CH4O/c1-4-14-15(3,13)9-6-8(10)5-7(2)11(9)12;1-3-14-15(2,13)9-5-7(10)4-8(6-12)11-9;1-2/h5-6H,4H2,1-3H3;4-5,12H,3,6H2,1-2H3;2H,1H3. The first-order chi connectivity index (χ1) is 14.9. The van der Waals surface area contributed by atoms with Crippen LogP contribution in [0, 0.1) is 12.1 Å². The molecule has 2 unspecified atom stereocenters. The molecule has 2 N–H and O–H groups in total. The summed E-state index contributed by atoms with van der Waals surface area (Å²) in [5, 5.41) is 27.7. The second-order valence-electron chi connectivity index (χ2n) is 6.29. The lowest BCUT2D eigenvalue weighted by molar-refractivity contribution is -0.593. The predicted octanol–water partition coefficient (Wildman–Crippen LogP) is 3.48. The van der Waals surface area contributed by atoms with Crippen molar-refractivity contribution in [1.82, 2.24) is 4.98 Å². The van der Waals surface area contributed by atoms with Crippen molar-refractivity contribution in [2.24, 2.45) is 0 Å². The van der Waals surface area contributed by atoms with Gasteiger partial charge >= 0.3 is 0 Å². The van der Waals surface area contributed by atoms with Crippen LogP contribution in [0.1, 0.15) is 25.2 Å². The summed E-state index contributed by atoms with van der Waals surface area (Å²) in [6.45, 7) is 8.66. The van der Waals surface area contributed by atoms with Crippen molar-refractivity contribution in [1.29, 1.82) is 0 Å². The van der Waals surface area contributed by atoms with Gasteiger partial charge in [-0.3, -0.25) is 9.13 Å². The maximum atomic E-state index is 12.1. The molecule has 0 saturated heterocycles. The van der Waals surface area contributed by atoms with Crippen molar-refractivity contribution in [2.45, 2.75) is 27.4 Å². The number of aromatic nitrogens is 2. The molecule has 32 heavy (non-hydrogen) atoms. The minimum Gasteiger partial charge on any atom is -0.618 e. The lowest BCUT2D eigenvalue weighted by Crippen LogP contribution is -2.46. The molecular weight excluding hydrogens is 590 g/mol. The van der Waals surface area contributed by atoms with Crippen LogP contribution in [0.2, 0.25) is 0 Å². The summed E-state index contributed by atoms with van der Waals surface area (Å²) in [4.78, 5) is 4.07. The van der Waals surface area contributed by atoms with Crippen molar-refractivity contribution in [3.63, 3.8) is 0 Å². The quantitative estimate of drug-likeness (QED) is 0.273. The first-order valence-electron chi connectivity index (χ1n) is 9.44. The SMILES string of the molecule is CCOP(C)(=O)c1cc(Br)cc(C)[n+]1[O-].CCOP(C)(=O)c1cc(Br)cc(CO)n1.CO. The Morgan fingerprint density at radius 3 is 2.00 bits per heavy atom. The maximum absolute atomic E-state index is 12.1. The molecule has 2 heterocycles. The number of pyridine rings is 2. The molecule has 9 nitrogen and oxygen atoms in total. The van der Waals surface area contributed by atoms with E-state index in [0.29, 0.717) is 34.8 Å². The van der Waals surface area contributed by atoms with Crippen LogP contribution in [0.3, 0.4) is 0 Å². The van der Waals surface area contributed by atoms with Gasteiger partial charge in [0.2, 0.25) is 7.37 Å². The first-order valence-corrected chi connectivity index (χ1v) is 15.2. The largest absolute Gasteiger partial charge is 0.618 e. The van der Waals surface area contributed by atoms with Gasteiger partial charge < -0.3 is 24.5 Å². The van der Waals surface area contributed by atoms with Crippen LogP contribution in [0.5, 0.6) is 0 Å². The highest BCUT2D eigenvalue weighted by Gasteiger charge is 2.29. The fourth-order valence-electron chi connectivity index (χ4n) is 2.39. The average molecular weight is 620 g/mol. The van der Waals surface area contributed by atoms with Gasteiger partial charge in [0.05, 0.1) is 25.5 Å². The number of hydrogen-bond donors (Lipinski definition) is 2. The van der Waals surface area contributed by atoms with E-state index in [1.807, 2.05) is 0 Å². The number of halogens is 2. The van der Waals surface area contributed by atoms with Gasteiger partial charge in [-0.2, -0.15) is 4.73 Å². The van der Waals surface area contributed by atoms with Crippen molar-refractivity contribution < 1.29 is 33.1 Å². The summed E-state index contributed by atoms with van der Waals surface area (Å²) in [5.41, 5.74) is 1.52. The fraction of sp³-hybridized carbons (Fsp3) is 0.474. The smallest absolute Gasteiger partial charge is 0.293 e. The third-order valence-corrected chi connectivity index (χ3v) is 8.34. The molecule has 0 aliphatic heterocycles. The Labute approximate surface area is 205 Å². The maximum Gasteiger partial charge on any atom is 0.293 e. The summed E-state index contributed by atoms with van der Waals surface area (Å²) in [7, 11) is -4.88. The average Bonchev–Trinajstić information content (AvgIpc) is 2.72. The van der Waals surface area contributed by atoms with Gasteiger partial charge in [-0.25, -0.2) is 4.98 Å². The number of aliphatic hydroxyl groups excluding tert-OH is 2. The van der Waals surface area contributed by atoms with Crippen molar-refractivity contribution in [3.05, 3.63) is 49.8 Å². The zero-order chi connectivity index (χ0) is 25.1. The van der Waals surface area contributed by atoms with Gasteiger partial charge in [0.1, 0.15) is 5.44 Å². The zero-order valence-electron chi connectivity index (χ0n) is 18.9. The third-order valence-electron chi connectivity index (χ3n) is 3.72. The topological polar surface area (TPSA) is 133 Å². The molecule has 0 aliphatic carbocycles. The van der Waals surface area contributed by atoms with Crippen LogP contribution >= 0.6 is 46.6 Å². The van der Waals surface area contributed by atoms with Crippen LogP contribution < -0.4 is 15.6 Å². The monoisotopic (exact) mass is 618 g/mol. The Balaban J connectivity index is 0.000000557. The van der Waals surface area contributed by atoms with Crippen molar-refractivity contribution >= 4 is 57.5 Å². The number of nitrogens with zero attached hydrogens (tertiary/aromatic N) is 2. The van der Waals surface area contributed by atoms with E-state index >= 15 is 0 Å². The molecule has 0 fully saturated rings. The molecule has 2 aromatic rings. The number of aryl methyl sites for hydroxylation is 1. The summed E-state index contributed by atoms with van der Waals surface area (Å²) >= 11 is 6.53. The van der Waals surface area contributed by atoms with E-state index in [9.17, 15) is 14.3 Å². The van der Waals surface area contributed by atoms with Crippen molar-refractivity contribution in [2.75, 3.05) is 33.7 Å². The van der Waals surface area contributed by atoms with E-state index in [2.05, 4.69) is 36.8 Å². The molecule has 0 saturated carbocycles. The summed E-state index contributed by atoms with van der Waals surface area (Å²) in [6, 6.07) is 6.53. The van der Waals surface area contributed by atoms with Crippen LogP contribution in [-0.2, 0) is 24.8 Å². The lowest BCUT2D eigenvalue weighted by atomic mass is 10.4. The van der Waals surface area contributed by atoms with E-state index < -0.39 is 14.7 Å². The molecule has 0 spiro atoms. The van der Waals surface area contributed by atoms with Crippen LogP contribution in [0.15, 0.2) is 33.2 Å². The molecular formula is C19H30Br2N2O7P2. The highest BCUT2D eigenvalue weighted by molar-refractivity contribution is 9.10. The van der Waals surface area contributed by atoms with E-state index in [-0.39, 0.29) is 12.0 Å². The third kappa shape index (κ3) is 9.69. The molecule has 0 amide bonds. The minimum atomic E-state index is -3.02. The Bertz CT molecular complexity index is 977. The predicted molar refractivity (Wildman–Crippen MR) is 133 cm³/mol. The van der Waals surface area contributed by atoms with Gasteiger partial charge in [-0.15, -0.1) is 0 Å². The Morgan fingerprint density at radius 2 is 1.50 bits per heavy atom. The van der Waals surface area contributed by atoms with Crippen molar-refractivity contribution in [3.8, 4) is 0 Å². The Kier molecular flexibility index (Phi) is 14.3. The van der Waals surface area contributed by atoms with E-state index in [1.165, 1.54) is 19.4 Å². The number of hydrogen-bond acceptors (Lipinski definition) is 8. The van der Waals surface area contributed by atoms with Crippen LogP contribution in [0.4, 0.5) is 0 Å². The summed E-state index contributed by atoms with van der Waals surface area (Å²) in [5.74, 6) is 0. The molecule has 0 radical (unpaired) electrons. The second-order valence-corrected chi connectivity index (χ2v) is 12.9. The first kappa shape index (κ1) is 31.4. The van der Waals surface area contributed by atoms with Gasteiger partial charge in [0, 0.05) is 48.4 Å². The molecule has 13 heteroatoms. The highest BCUT2D eigenvalue weighted by Crippen LogP contribution is 2.41. The molecule has 2 aromatic heterocycles. The number of rotatable bonds is 7. The van der Waals surface area contributed by atoms with Gasteiger partial charge in [-0.1, -0.05) is 31.9 Å². The molecule has 0 bridgehead atoms. The van der Waals surface area contributed by atoms with E-state index in [4.69, 9.17) is 19.3 Å². The Morgan fingerprint density at radius 1 is 1.00 bits per heavy atom. The van der Waals surface area contributed by atoms with E-state index in [0.717, 1.165) is 16.1 Å². The van der Waals surface area contributed by atoms with Crippen LogP contribution in [-0.4, -0.2) is 48.9 Å². The molecule has 0 aliphatic rings. The molecule has 0 aromatic carbocycles. The fourth-order valence-corrected chi connectivity index (χ4v) is 6.57. The number of aliphatic hydroxyl groups is 2. The molecule has 2 atom stereocenters. The lowest BCUT2D eigenvalue weighted by Gasteiger charge is -2.13. The minimum absolute atomic E-state index is 0.177. The van der Waals surface area contributed by atoms with Crippen LogP contribution in [0.25, 0.3) is 0 Å². The van der Waals surface area contributed by atoms with Gasteiger partial charge in [0.25, 0.3) is 12.8 Å². The van der Waals surface area contributed by atoms with E-state index in [1.54, 1.807) is 39.0 Å².